The van der Waals surface area contributed by atoms with Crippen molar-refractivity contribution in [3.05, 3.63) is 30.0 Å². The second-order valence-corrected chi connectivity index (χ2v) is 3.28. The molecule has 15 heavy (non-hydrogen) atoms. The molecular weight excluding hydrogens is 202 g/mol. The van der Waals surface area contributed by atoms with Crippen LogP contribution in [0.15, 0.2) is 24.3 Å². The summed E-state index contributed by atoms with van der Waals surface area (Å²) in [6.07, 6.45) is 1.03. The topological polar surface area (TPSA) is 12.9 Å². The van der Waals surface area contributed by atoms with E-state index in [9.17, 15) is 0 Å². The van der Waals surface area contributed by atoms with Crippen LogP contribution in [0.5, 0.6) is 0 Å². The van der Waals surface area contributed by atoms with Crippen LogP contribution in [0.4, 0.5) is 0 Å². The highest BCUT2D eigenvalue weighted by molar-refractivity contribution is 7.13. The van der Waals surface area contributed by atoms with Gasteiger partial charge >= 0.3 is 0 Å². The van der Waals surface area contributed by atoms with Crippen molar-refractivity contribution in [2.24, 2.45) is 0 Å². The van der Waals surface area contributed by atoms with E-state index in [1.54, 1.807) is 11.5 Å². The van der Waals surface area contributed by atoms with Crippen molar-refractivity contribution in [3.63, 3.8) is 0 Å². The third-order valence-corrected chi connectivity index (χ3v) is 2.65. The molecule has 84 valence electrons. The minimum absolute atomic E-state index is 1.03. The van der Waals surface area contributed by atoms with Gasteiger partial charge in [-0.3, -0.25) is 0 Å². The molecule has 0 bridgehead atoms. The first kappa shape index (κ1) is 14.1. The van der Waals surface area contributed by atoms with Crippen LogP contribution in [0, 0.1) is 0 Å². The summed E-state index contributed by atoms with van der Waals surface area (Å²) in [4.78, 5) is 0. The minimum Gasteiger partial charge on any atom is -0.196 e. The monoisotopic (exact) mass is 223 g/mol. The summed E-state index contributed by atoms with van der Waals surface area (Å²) in [5, 5.41) is 1.32. The fraction of sp³-hybridized carbons (Fsp3) is 0.462. The Hall–Kier alpha value is -0.890. The van der Waals surface area contributed by atoms with Crippen LogP contribution >= 0.6 is 11.5 Å². The lowest BCUT2D eigenvalue weighted by atomic mass is 10.2. The molecule has 0 fully saturated rings. The lowest BCUT2D eigenvalue weighted by Gasteiger charge is -1.88. The van der Waals surface area contributed by atoms with E-state index in [1.165, 1.54) is 15.8 Å². The molecule has 1 aromatic heterocycles. The van der Waals surface area contributed by atoms with Gasteiger partial charge in [-0.05, 0) is 24.0 Å². The smallest absolute Gasteiger partial charge is 0.0618 e. The highest BCUT2D eigenvalue weighted by Crippen LogP contribution is 2.21. The standard InChI is InChI=1S/C9H9NS.2C2H6/c1-2-8-7-5-3-4-6-9(7)11-10-8;2*1-2/h3-6H,2H2,1H3;2*1-2H3. The second kappa shape index (κ2) is 8.42. The SMILES string of the molecule is CC.CC.CCc1nsc2ccccc12. The predicted octanol–water partition coefficient (Wildman–Crippen LogP) is 4.91. The van der Waals surface area contributed by atoms with E-state index in [4.69, 9.17) is 0 Å². The summed E-state index contributed by atoms with van der Waals surface area (Å²) in [6.45, 7) is 10.1. The largest absolute Gasteiger partial charge is 0.196 e. The predicted molar refractivity (Wildman–Crippen MR) is 71.7 cm³/mol. The van der Waals surface area contributed by atoms with Crippen LogP contribution in [0.1, 0.15) is 40.3 Å². The van der Waals surface area contributed by atoms with E-state index >= 15 is 0 Å². The normalized spacial score (nSPS) is 8.60. The summed E-state index contributed by atoms with van der Waals surface area (Å²) in [5.41, 5.74) is 1.23. The van der Waals surface area contributed by atoms with E-state index in [-0.39, 0.29) is 0 Å². The Morgan fingerprint density at radius 2 is 1.67 bits per heavy atom. The fourth-order valence-corrected chi connectivity index (χ4v) is 2.05. The zero-order valence-electron chi connectivity index (χ0n) is 10.4. The van der Waals surface area contributed by atoms with Gasteiger partial charge in [0.2, 0.25) is 0 Å². The third kappa shape index (κ3) is 3.63. The van der Waals surface area contributed by atoms with Crippen LogP contribution in [0.25, 0.3) is 10.1 Å². The zero-order chi connectivity index (χ0) is 11.7. The molecule has 0 atom stereocenters. The Kier molecular flexibility index (Phi) is 7.92. The Morgan fingerprint density at radius 1 is 1.07 bits per heavy atom. The van der Waals surface area contributed by atoms with E-state index in [0.717, 1.165) is 6.42 Å². The molecular formula is C13H21NS. The van der Waals surface area contributed by atoms with Crippen molar-refractivity contribution in [1.82, 2.24) is 4.37 Å². The molecule has 0 unspecified atom stereocenters. The summed E-state index contributed by atoms with van der Waals surface area (Å²) < 4.78 is 5.65. The van der Waals surface area contributed by atoms with Crippen molar-refractivity contribution in [2.75, 3.05) is 0 Å². The van der Waals surface area contributed by atoms with Crippen molar-refractivity contribution in [1.29, 1.82) is 0 Å². The van der Waals surface area contributed by atoms with E-state index in [0.29, 0.717) is 0 Å². The fourth-order valence-electron chi connectivity index (χ4n) is 1.19. The molecule has 2 heteroatoms. The highest BCUT2D eigenvalue weighted by Gasteiger charge is 2.00. The lowest BCUT2D eigenvalue weighted by Crippen LogP contribution is -1.77. The minimum atomic E-state index is 1.03. The van der Waals surface area contributed by atoms with Gasteiger partial charge in [0, 0.05) is 5.39 Å². The maximum absolute atomic E-state index is 4.36. The van der Waals surface area contributed by atoms with Crippen molar-refractivity contribution >= 4 is 21.6 Å². The first-order valence-corrected chi connectivity index (χ1v) is 6.52. The average molecular weight is 223 g/mol. The second-order valence-electron chi connectivity index (χ2n) is 2.48. The molecule has 2 aromatic rings. The molecule has 0 aliphatic rings. The highest BCUT2D eigenvalue weighted by atomic mass is 32.1. The number of aryl methyl sites for hydroxylation is 1. The molecule has 1 heterocycles. The van der Waals surface area contributed by atoms with Gasteiger partial charge in [0.25, 0.3) is 0 Å². The van der Waals surface area contributed by atoms with Gasteiger partial charge in [-0.25, -0.2) is 0 Å². The zero-order valence-corrected chi connectivity index (χ0v) is 11.2. The molecule has 1 nitrogen and oxygen atoms in total. The van der Waals surface area contributed by atoms with Crippen LogP contribution in [0.2, 0.25) is 0 Å². The van der Waals surface area contributed by atoms with Crippen LogP contribution < -0.4 is 0 Å². The van der Waals surface area contributed by atoms with Gasteiger partial charge in [-0.2, -0.15) is 4.37 Å². The van der Waals surface area contributed by atoms with E-state index in [1.807, 2.05) is 27.7 Å². The summed E-state index contributed by atoms with van der Waals surface area (Å²) in [7, 11) is 0. The number of benzene rings is 1. The number of hydrogen-bond acceptors (Lipinski definition) is 2. The third-order valence-electron chi connectivity index (χ3n) is 1.79. The average Bonchev–Trinajstić information content (AvgIpc) is 2.77. The Morgan fingerprint density at radius 3 is 2.27 bits per heavy atom. The number of hydrogen-bond donors (Lipinski definition) is 0. The molecule has 0 saturated heterocycles. The lowest BCUT2D eigenvalue weighted by molar-refractivity contribution is 1.10. The van der Waals surface area contributed by atoms with Gasteiger partial charge < -0.3 is 0 Å². The summed E-state index contributed by atoms with van der Waals surface area (Å²) in [6, 6.07) is 8.37. The molecule has 2 rings (SSSR count). The number of nitrogens with zero attached hydrogens (tertiary/aromatic N) is 1. The summed E-state index contributed by atoms with van der Waals surface area (Å²) in [5.74, 6) is 0. The molecule has 1 aromatic carbocycles. The molecule has 0 N–H and O–H groups in total. The first-order chi connectivity index (χ1) is 7.42. The van der Waals surface area contributed by atoms with Crippen LogP contribution in [0.3, 0.4) is 0 Å². The van der Waals surface area contributed by atoms with E-state index in [2.05, 4.69) is 35.6 Å². The van der Waals surface area contributed by atoms with Gasteiger partial charge in [0.1, 0.15) is 0 Å². The van der Waals surface area contributed by atoms with Crippen molar-refractivity contribution in [2.45, 2.75) is 41.0 Å². The van der Waals surface area contributed by atoms with E-state index < -0.39 is 0 Å². The molecule has 0 aliphatic carbocycles. The number of fused-ring (bicyclic) bond motifs is 1. The van der Waals surface area contributed by atoms with Crippen LogP contribution in [-0.2, 0) is 6.42 Å². The Labute approximate surface area is 97.3 Å². The van der Waals surface area contributed by atoms with Crippen molar-refractivity contribution in [3.8, 4) is 0 Å². The van der Waals surface area contributed by atoms with Gasteiger partial charge in [-0.1, -0.05) is 52.8 Å². The maximum Gasteiger partial charge on any atom is 0.0618 e. The Balaban J connectivity index is 0.000000442. The van der Waals surface area contributed by atoms with Crippen LogP contribution in [-0.4, -0.2) is 4.37 Å². The van der Waals surface area contributed by atoms with Gasteiger partial charge in [-0.15, -0.1) is 0 Å². The molecule has 0 amide bonds. The van der Waals surface area contributed by atoms with Gasteiger partial charge in [0.15, 0.2) is 0 Å². The molecule has 0 radical (unpaired) electrons. The maximum atomic E-state index is 4.36. The van der Waals surface area contributed by atoms with Crippen molar-refractivity contribution < 1.29 is 0 Å². The molecule has 0 spiro atoms. The van der Waals surface area contributed by atoms with Gasteiger partial charge in [0.05, 0.1) is 10.4 Å². The molecule has 0 aliphatic heterocycles. The number of rotatable bonds is 1. The Bertz CT molecular complexity index is 365. The molecule has 0 saturated carbocycles. The number of aromatic nitrogens is 1. The first-order valence-electron chi connectivity index (χ1n) is 5.75. The quantitative estimate of drug-likeness (QED) is 0.669. The summed E-state index contributed by atoms with van der Waals surface area (Å²) >= 11 is 1.59.